The minimum Gasteiger partial charge on any atom is -0.326 e. The fraction of sp³-hybridized carbons (Fsp3) is 0.357. The number of aromatic nitrogens is 1. The monoisotopic (exact) mass is 245 g/mol. The number of benzene rings is 1. The highest BCUT2D eigenvalue weighted by molar-refractivity contribution is 5.81. The first-order valence-corrected chi connectivity index (χ1v) is 6.23. The quantitative estimate of drug-likeness (QED) is 0.878. The Hall–Kier alpha value is -1.52. The minimum absolute atomic E-state index is 0.200. The fourth-order valence-electron chi connectivity index (χ4n) is 2.60. The van der Waals surface area contributed by atoms with E-state index in [1.165, 1.54) is 6.07 Å². The molecule has 1 atom stereocenters. The second-order valence-corrected chi connectivity index (χ2v) is 4.92. The van der Waals surface area contributed by atoms with Gasteiger partial charge in [-0.25, -0.2) is 4.39 Å². The Labute approximate surface area is 105 Å². The van der Waals surface area contributed by atoms with E-state index in [4.69, 9.17) is 5.73 Å². The molecule has 0 radical (unpaired) electrons. The van der Waals surface area contributed by atoms with Crippen LogP contribution in [0.1, 0.15) is 12.0 Å². The molecule has 3 nitrogen and oxygen atoms in total. The van der Waals surface area contributed by atoms with Crippen LogP contribution in [-0.4, -0.2) is 29.0 Å². The Balaban J connectivity index is 1.95. The van der Waals surface area contributed by atoms with Crippen molar-refractivity contribution < 1.29 is 4.39 Å². The summed E-state index contributed by atoms with van der Waals surface area (Å²) in [5.74, 6) is -0.200. The molecule has 2 heterocycles. The molecule has 1 fully saturated rings. The molecule has 2 N–H and O–H groups in total. The molecule has 18 heavy (non-hydrogen) atoms. The van der Waals surface area contributed by atoms with Crippen LogP contribution in [-0.2, 0) is 6.54 Å². The van der Waals surface area contributed by atoms with E-state index in [0.29, 0.717) is 0 Å². The smallest absolute Gasteiger partial charge is 0.124 e. The van der Waals surface area contributed by atoms with Crippen molar-refractivity contribution in [3.05, 3.63) is 41.8 Å². The zero-order chi connectivity index (χ0) is 12.5. The van der Waals surface area contributed by atoms with Crippen LogP contribution in [0.15, 0.2) is 30.5 Å². The van der Waals surface area contributed by atoms with Gasteiger partial charge in [-0.1, -0.05) is 6.07 Å². The number of nitrogens with two attached hydrogens (primary N) is 1. The molecular formula is C14H16FN3. The zero-order valence-corrected chi connectivity index (χ0v) is 10.1. The van der Waals surface area contributed by atoms with Gasteiger partial charge in [0.1, 0.15) is 5.82 Å². The average Bonchev–Trinajstić information content (AvgIpc) is 2.74. The van der Waals surface area contributed by atoms with Gasteiger partial charge in [-0.3, -0.25) is 9.88 Å². The maximum Gasteiger partial charge on any atom is 0.124 e. The van der Waals surface area contributed by atoms with Crippen molar-refractivity contribution in [3.63, 3.8) is 0 Å². The van der Waals surface area contributed by atoms with Crippen LogP contribution in [0.3, 0.4) is 0 Å². The van der Waals surface area contributed by atoms with E-state index >= 15 is 0 Å². The number of hydrogen-bond donors (Lipinski definition) is 1. The van der Waals surface area contributed by atoms with Crippen molar-refractivity contribution in [3.8, 4) is 0 Å². The van der Waals surface area contributed by atoms with Crippen LogP contribution in [0.25, 0.3) is 10.9 Å². The highest BCUT2D eigenvalue weighted by Gasteiger charge is 2.20. The lowest BCUT2D eigenvalue weighted by Gasteiger charge is -2.16. The van der Waals surface area contributed by atoms with Crippen LogP contribution in [0.5, 0.6) is 0 Å². The molecule has 0 saturated carbocycles. The molecule has 0 bridgehead atoms. The molecule has 4 heteroatoms. The minimum atomic E-state index is -0.200. The predicted octanol–water partition coefficient (Wildman–Crippen LogP) is 1.91. The molecule has 2 aromatic rings. The molecule has 1 unspecified atom stereocenters. The molecule has 1 aromatic carbocycles. The lowest BCUT2D eigenvalue weighted by atomic mass is 10.1. The Morgan fingerprint density at radius 3 is 3.11 bits per heavy atom. The normalized spacial score (nSPS) is 20.7. The van der Waals surface area contributed by atoms with Gasteiger partial charge in [0, 0.05) is 37.3 Å². The molecule has 1 aliphatic rings. The van der Waals surface area contributed by atoms with Crippen molar-refractivity contribution in [2.45, 2.75) is 19.0 Å². The number of rotatable bonds is 2. The molecular weight excluding hydrogens is 229 g/mol. The average molecular weight is 245 g/mol. The number of hydrogen-bond acceptors (Lipinski definition) is 3. The summed E-state index contributed by atoms with van der Waals surface area (Å²) in [5.41, 5.74) is 7.72. The maximum atomic E-state index is 13.6. The van der Waals surface area contributed by atoms with Crippen molar-refractivity contribution >= 4 is 10.9 Å². The topological polar surface area (TPSA) is 42.1 Å². The molecule has 0 amide bonds. The second-order valence-electron chi connectivity index (χ2n) is 4.92. The van der Waals surface area contributed by atoms with E-state index in [-0.39, 0.29) is 11.9 Å². The highest BCUT2D eigenvalue weighted by Crippen LogP contribution is 2.21. The third-order valence-electron chi connectivity index (χ3n) is 3.45. The fourth-order valence-corrected chi connectivity index (χ4v) is 2.60. The summed E-state index contributed by atoms with van der Waals surface area (Å²) >= 11 is 0. The first kappa shape index (κ1) is 11.6. The van der Waals surface area contributed by atoms with Gasteiger partial charge in [0.05, 0.1) is 5.52 Å². The van der Waals surface area contributed by atoms with Gasteiger partial charge in [0.2, 0.25) is 0 Å². The molecule has 1 aliphatic heterocycles. The Kier molecular flexibility index (Phi) is 2.97. The summed E-state index contributed by atoms with van der Waals surface area (Å²) in [4.78, 5) is 6.62. The summed E-state index contributed by atoms with van der Waals surface area (Å²) in [6, 6.07) is 7.08. The van der Waals surface area contributed by atoms with Crippen LogP contribution in [0.4, 0.5) is 4.39 Å². The SMILES string of the molecule is NC1CCN(Cc2cc(F)cc3cccnc23)C1. The standard InChI is InChI=1S/C14H16FN3/c15-12-6-10-2-1-4-17-14(10)11(7-12)8-18-5-3-13(16)9-18/h1-2,4,6-7,13H,3,5,8-9,16H2. The third kappa shape index (κ3) is 2.21. The summed E-state index contributed by atoms with van der Waals surface area (Å²) in [6.07, 6.45) is 2.76. The molecule has 0 spiro atoms. The Morgan fingerprint density at radius 1 is 1.44 bits per heavy atom. The first-order valence-electron chi connectivity index (χ1n) is 6.23. The van der Waals surface area contributed by atoms with Gasteiger partial charge in [-0.05, 0) is 30.2 Å². The number of nitrogens with zero attached hydrogens (tertiary/aromatic N) is 2. The van der Waals surface area contributed by atoms with E-state index in [1.54, 1.807) is 12.3 Å². The predicted molar refractivity (Wildman–Crippen MR) is 69.6 cm³/mol. The molecule has 94 valence electrons. The van der Waals surface area contributed by atoms with Crippen LogP contribution < -0.4 is 5.73 Å². The molecule has 0 aliphatic carbocycles. The van der Waals surface area contributed by atoms with Gasteiger partial charge >= 0.3 is 0 Å². The molecule has 1 aromatic heterocycles. The summed E-state index contributed by atoms with van der Waals surface area (Å²) in [5, 5.41) is 0.857. The largest absolute Gasteiger partial charge is 0.326 e. The number of pyridine rings is 1. The van der Waals surface area contributed by atoms with Crippen LogP contribution >= 0.6 is 0 Å². The highest BCUT2D eigenvalue weighted by atomic mass is 19.1. The number of likely N-dealkylation sites (tertiary alicyclic amines) is 1. The van der Waals surface area contributed by atoms with Gasteiger partial charge < -0.3 is 5.73 Å². The number of halogens is 1. The second kappa shape index (κ2) is 4.63. The Bertz CT molecular complexity index is 570. The zero-order valence-electron chi connectivity index (χ0n) is 10.1. The Morgan fingerprint density at radius 2 is 2.33 bits per heavy atom. The van der Waals surface area contributed by atoms with Gasteiger partial charge in [-0.2, -0.15) is 0 Å². The van der Waals surface area contributed by atoms with Gasteiger partial charge in [-0.15, -0.1) is 0 Å². The van der Waals surface area contributed by atoms with Crippen LogP contribution in [0.2, 0.25) is 0 Å². The lowest BCUT2D eigenvalue weighted by molar-refractivity contribution is 0.327. The van der Waals surface area contributed by atoms with Gasteiger partial charge in [0.25, 0.3) is 0 Å². The summed E-state index contributed by atoms with van der Waals surface area (Å²) in [7, 11) is 0. The summed E-state index contributed by atoms with van der Waals surface area (Å²) < 4.78 is 13.6. The molecule has 3 rings (SSSR count). The van der Waals surface area contributed by atoms with Crippen LogP contribution in [0, 0.1) is 5.82 Å². The van der Waals surface area contributed by atoms with E-state index in [0.717, 1.165) is 42.5 Å². The van der Waals surface area contributed by atoms with Crippen molar-refractivity contribution in [1.29, 1.82) is 0 Å². The lowest BCUT2D eigenvalue weighted by Crippen LogP contribution is -2.26. The third-order valence-corrected chi connectivity index (χ3v) is 3.45. The first-order chi connectivity index (χ1) is 8.72. The molecule has 1 saturated heterocycles. The maximum absolute atomic E-state index is 13.6. The van der Waals surface area contributed by atoms with Gasteiger partial charge in [0.15, 0.2) is 0 Å². The van der Waals surface area contributed by atoms with E-state index < -0.39 is 0 Å². The van der Waals surface area contributed by atoms with Crippen molar-refractivity contribution in [2.24, 2.45) is 5.73 Å². The van der Waals surface area contributed by atoms with E-state index in [2.05, 4.69) is 9.88 Å². The van der Waals surface area contributed by atoms with Crippen molar-refractivity contribution in [2.75, 3.05) is 13.1 Å². The summed E-state index contributed by atoms with van der Waals surface area (Å²) in [6.45, 7) is 2.58. The van der Waals surface area contributed by atoms with Crippen molar-refractivity contribution in [1.82, 2.24) is 9.88 Å². The van der Waals surface area contributed by atoms with E-state index in [1.807, 2.05) is 12.1 Å². The van der Waals surface area contributed by atoms with E-state index in [9.17, 15) is 4.39 Å². The number of fused-ring (bicyclic) bond motifs is 1.